The minimum atomic E-state index is 0.125. The third kappa shape index (κ3) is 3.44. The Morgan fingerprint density at radius 1 is 1.47 bits per heavy atom. The van der Waals surface area contributed by atoms with Gasteiger partial charge in [-0.05, 0) is 69.6 Å². The molecule has 1 aromatic carbocycles. The van der Waals surface area contributed by atoms with Gasteiger partial charge in [-0.25, -0.2) is 0 Å². The number of likely N-dealkylation sites (tertiary alicyclic amines) is 1. The molecule has 1 aliphatic rings. The first-order valence-electron chi connectivity index (χ1n) is 5.46. The number of nitrogens with zero attached hydrogens (tertiary/aromatic N) is 1. The second kappa shape index (κ2) is 6.02. The van der Waals surface area contributed by atoms with Gasteiger partial charge >= 0.3 is 0 Å². The molecule has 0 N–H and O–H groups in total. The molecule has 1 atom stereocenters. The lowest BCUT2D eigenvalue weighted by atomic mass is 10.1. The largest absolute Gasteiger partial charge is 0.337 e. The van der Waals surface area contributed by atoms with Crippen LogP contribution in [-0.2, 0) is 0 Å². The molecule has 1 amide bonds. The number of amides is 1. The maximum Gasteiger partial charge on any atom is 0.255 e. The molecule has 1 aromatic rings. The Morgan fingerprint density at radius 2 is 2.24 bits per heavy atom. The van der Waals surface area contributed by atoms with E-state index < -0.39 is 0 Å². The summed E-state index contributed by atoms with van der Waals surface area (Å²) >= 11 is 9.28. The third-order valence-electron chi connectivity index (χ3n) is 2.81. The monoisotopic (exact) mass is 471 g/mol. The van der Waals surface area contributed by atoms with E-state index in [9.17, 15) is 4.79 Å². The maximum absolute atomic E-state index is 12.4. The van der Waals surface area contributed by atoms with Crippen LogP contribution < -0.4 is 0 Å². The molecule has 5 heteroatoms. The number of alkyl halides is 1. The maximum atomic E-state index is 12.4. The van der Waals surface area contributed by atoms with Crippen LogP contribution in [0.4, 0.5) is 0 Å². The Labute approximate surface area is 132 Å². The number of hydrogen-bond donors (Lipinski definition) is 0. The van der Waals surface area contributed by atoms with E-state index in [-0.39, 0.29) is 5.91 Å². The number of rotatable bonds is 1. The number of piperidine rings is 1. The van der Waals surface area contributed by atoms with Gasteiger partial charge in [-0.1, -0.05) is 15.9 Å². The predicted octanol–water partition coefficient (Wildman–Crippen LogP) is 4.05. The summed E-state index contributed by atoms with van der Waals surface area (Å²) in [5, 5.41) is 0. The molecule has 0 spiro atoms. The lowest BCUT2D eigenvalue weighted by molar-refractivity contribution is 0.0729. The van der Waals surface area contributed by atoms with Crippen molar-refractivity contribution in [2.45, 2.75) is 17.7 Å². The Balaban J connectivity index is 2.21. The molecule has 2 nitrogen and oxygen atoms in total. The zero-order valence-corrected chi connectivity index (χ0v) is 14.5. The second-order valence-corrected chi connectivity index (χ2v) is 7.51. The van der Waals surface area contributed by atoms with Gasteiger partial charge in [0, 0.05) is 26.0 Å². The van der Waals surface area contributed by atoms with E-state index in [1.807, 2.05) is 23.1 Å². The topological polar surface area (TPSA) is 20.3 Å². The number of carbonyl (C=O) groups excluding carboxylic acids is 1. The molecule has 0 aliphatic carbocycles. The molecule has 0 saturated carbocycles. The normalized spacial score (nSPS) is 20.4. The SMILES string of the molecule is O=C(c1cc(I)ccc1Br)N1CCCC(Br)C1. The number of halogens is 3. The number of hydrogen-bond acceptors (Lipinski definition) is 1. The Morgan fingerprint density at radius 3 is 2.94 bits per heavy atom. The first kappa shape index (κ1) is 13.8. The van der Waals surface area contributed by atoms with E-state index in [0.29, 0.717) is 4.83 Å². The quantitative estimate of drug-likeness (QED) is 0.446. The van der Waals surface area contributed by atoms with Gasteiger partial charge in [0.05, 0.1) is 5.56 Å². The third-order valence-corrected chi connectivity index (χ3v) is 4.92. The zero-order valence-electron chi connectivity index (χ0n) is 9.13. The molecule has 1 fully saturated rings. The summed E-state index contributed by atoms with van der Waals surface area (Å²) in [4.78, 5) is 14.8. The van der Waals surface area contributed by atoms with Gasteiger partial charge in [0.2, 0.25) is 0 Å². The minimum absolute atomic E-state index is 0.125. The molecule has 0 aromatic heterocycles. The highest BCUT2D eigenvalue weighted by atomic mass is 127. The summed E-state index contributed by atoms with van der Waals surface area (Å²) in [6, 6.07) is 5.86. The van der Waals surface area contributed by atoms with Crippen molar-refractivity contribution in [2.75, 3.05) is 13.1 Å². The van der Waals surface area contributed by atoms with Crippen LogP contribution in [0.2, 0.25) is 0 Å². The van der Waals surface area contributed by atoms with E-state index >= 15 is 0 Å². The van der Waals surface area contributed by atoms with E-state index in [4.69, 9.17) is 0 Å². The van der Waals surface area contributed by atoms with E-state index in [2.05, 4.69) is 54.5 Å². The van der Waals surface area contributed by atoms with Crippen molar-refractivity contribution in [1.82, 2.24) is 4.90 Å². The first-order chi connectivity index (χ1) is 8.08. The summed E-state index contributed by atoms with van der Waals surface area (Å²) in [6.45, 7) is 1.66. The molecule has 17 heavy (non-hydrogen) atoms. The summed E-state index contributed by atoms with van der Waals surface area (Å²) in [5.41, 5.74) is 0.763. The number of benzene rings is 1. The predicted molar refractivity (Wildman–Crippen MR) is 84.7 cm³/mol. The fourth-order valence-electron chi connectivity index (χ4n) is 1.94. The van der Waals surface area contributed by atoms with Crippen molar-refractivity contribution in [3.8, 4) is 0 Å². The highest BCUT2D eigenvalue weighted by molar-refractivity contribution is 14.1. The molecule has 1 saturated heterocycles. The summed E-state index contributed by atoms with van der Waals surface area (Å²) in [5.74, 6) is 0.125. The molecule has 0 bridgehead atoms. The highest BCUT2D eigenvalue weighted by Gasteiger charge is 2.24. The summed E-state index contributed by atoms with van der Waals surface area (Å²) < 4.78 is 1.96. The zero-order chi connectivity index (χ0) is 12.4. The highest BCUT2D eigenvalue weighted by Crippen LogP contribution is 2.24. The second-order valence-electron chi connectivity index (χ2n) is 4.11. The van der Waals surface area contributed by atoms with Crippen molar-refractivity contribution in [2.24, 2.45) is 0 Å². The van der Waals surface area contributed by atoms with E-state index in [1.165, 1.54) is 0 Å². The van der Waals surface area contributed by atoms with Crippen LogP contribution in [-0.4, -0.2) is 28.7 Å². The van der Waals surface area contributed by atoms with Gasteiger partial charge in [0.25, 0.3) is 5.91 Å². The molecule has 1 aliphatic heterocycles. The minimum Gasteiger partial charge on any atom is -0.337 e. The average Bonchev–Trinajstić information content (AvgIpc) is 2.31. The van der Waals surface area contributed by atoms with Crippen LogP contribution >= 0.6 is 54.5 Å². The van der Waals surface area contributed by atoms with Crippen molar-refractivity contribution in [1.29, 1.82) is 0 Å². The van der Waals surface area contributed by atoms with Gasteiger partial charge in [0.15, 0.2) is 0 Å². The van der Waals surface area contributed by atoms with E-state index in [1.54, 1.807) is 0 Å². The van der Waals surface area contributed by atoms with Crippen LogP contribution in [0.3, 0.4) is 0 Å². The Hall–Kier alpha value is 0.380. The number of carbonyl (C=O) groups is 1. The molecule has 0 radical (unpaired) electrons. The van der Waals surface area contributed by atoms with Crippen LogP contribution in [0.25, 0.3) is 0 Å². The van der Waals surface area contributed by atoms with Gasteiger partial charge in [-0.3, -0.25) is 4.79 Å². The molecule has 2 rings (SSSR count). The van der Waals surface area contributed by atoms with Crippen LogP contribution in [0, 0.1) is 3.57 Å². The van der Waals surface area contributed by atoms with Crippen LogP contribution in [0.15, 0.2) is 22.7 Å². The van der Waals surface area contributed by atoms with Gasteiger partial charge in [-0.15, -0.1) is 0 Å². The first-order valence-corrected chi connectivity index (χ1v) is 8.25. The summed E-state index contributed by atoms with van der Waals surface area (Å²) in [7, 11) is 0. The summed E-state index contributed by atoms with van der Waals surface area (Å²) in [6.07, 6.45) is 2.22. The molecule has 1 unspecified atom stereocenters. The lowest BCUT2D eigenvalue weighted by Gasteiger charge is -2.30. The molecule has 92 valence electrons. The van der Waals surface area contributed by atoms with E-state index in [0.717, 1.165) is 39.5 Å². The Bertz CT molecular complexity index is 439. The molecule has 1 heterocycles. The van der Waals surface area contributed by atoms with Gasteiger partial charge in [-0.2, -0.15) is 0 Å². The molecular weight excluding hydrogens is 461 g/mol. The molecular formula is C12H12Br2INO. The van der Waals surface area contributed by atoms with Crippen molar-refractivity contribution in [3.05, 3.63) is 31.8 Å². The van der Waals surface area contributed by atoms with Crippen molar-refractivity contribution < 1.29 is 4.79 Å². The van der Waals surface area contributed by atoms with Gasteiger partial charge < -0.3 is 4.90 Å². The smallest absolute Gasteiger partial charge is 0.255 e. The standard InChI is InChI=1S/C12H12Br2INO/c13-8-2-1-5-16(7-8)12(17)10-6-9(15)3-4-11(10)14/h3-4,6,8H,1-2,5,7H2. The average molecular weight is 473 g/mol. The van der Waals surface area contributed by atoms with Crippen molar-refractivity contribution in [3.63, 3.8) is 0 Å². The lowest BCUT2D eigenvalue weighted by Crippen LogP contribution is -2.40. The van der Waals surface area contributed by atoms with Crippen molar-refractivity contribution >= 4 is 60.4 Å². The fourth-order valence-corrected chi connectivity index (χ4v) is 3.52. The van der Waals surface area contributed by atoms with Crippen LogP contribution in [0.5, 0.6) is 0 Å². The fraction of sp³-hybridized carbons (Fsp3) is 0.417. The Kier molecular flexibility index (Phi) is 4.88. The van der Waals surface area contributed by atoms with Gasteiger partial charge in [0.1, 0.15) is 0 Å². The van der Waals surface area contributed by atoms with Crippen LogP contribution in [0.1, 0.15) is 23.2 Å².